The smallest absolute Gasteiger partial charge is 0.416 e. The van der Waals surface area contributed by atoms with Crippen LogP contribution >= 0.6 is 0 Å². The van der Waals surface area contributed by atoms with Crippen LogP contribution < -0.4 is 24.8 Å². The zero-order chi connectivity index (χ0) is 30.0. The predicted molar refractivity (Wildman–Crippen MR) is 153 cm³/mol. The number of carbonyl (C=O) groups excluding carboxylic acids is 2. The van der Waals surface area contributed by atoms with E-state index < -0.39 is 23.6 Å². The van der Waals surface area contributed by atoms with Gasteiger partial charge in [0.2, 0.25) is 5.91 Å². The summed E-state index contributed by atoms with van der Waals surface area (Å²) in [5.41, 5.74) is -0.252. The van der Waals surface area contributed by atoms with Gasteiger partial charge in [-0.2, -0.15) is 13.2 Å². The summed E-state index contributed by atoms with van der Waals surface area (Å²) in [6.07, 6.45) is -3.03. The Morgan fingerprint density at radius 2 is 1.55 bits per heavy atom. The molecule has 0 atom stereocenters. The lowest BCUT2D eigenvalue weighted by molar-refractivity contribution is -0.137. The van der Waals surface area contributed by atoms with Gasteiger partial charge in [0.1, 0.15) is 11.5 Å². The topological polar surface area (TPSA) is 98.8 Å². The molecular formula is C31H24F3N3O5. The van der Waals surface area contributed by atoms with Gasteiger partial charge < -0.3 is 24.8 Å². The van der Waals surface area contributed by atoms with E-state index in [1.807, 2.05) is 0 Å². The normalized spacial score (nSPS) is 11.3. The zero-order valence-corrected chi connectivity index (χ0v) is 22.6. The molecule has 0 saturated carbocycles. The third-order valence-corrected chi connectivity index (χ3v) is 6.44. The molecular weight excluding hydrogens is 551 g/mol. The fourth-order valence-electron chi connectivity index (χ4n) is 4.50. The number of hydrogen-bond acceptors (Lipinski definition) is 6. The average Bonchev–Trinajstić information content (AvgIpc) is 2.96. The van der Waals surface area contributed by atoms with Crippen molar-refractivity contribution in [3.05, 3.63) is 90.1 Å². The number of nitrogens with zero attached hydrogens (tertiary/aromatic N) is 1. The van der Waals surface area contributed by atoms with Gasteiger partial charge in [-0.1, -0.05) is 12.1 Å². The maximum Gasteiger partial charge on any atom is 0.416 e. The second kappa shape index (κ2) is 11.3. The fraction of sp³-hybridized carbons (Fsp3) is 0.129. The summed E-state index contributed by atoms with van der Waals surface area (Å²) < 4.78 is 57.0. The molecule has 1 heterocycles. The van der Waals surface area contributed by atoms with Gasteiger partial charge in [0, 0.05) is 30.1 Å². The minimum absolute atomic E-state index is 0.0404. The lowest BCUT2D eigenvalue weighted by Gasteiger charge is -2.16. The van der Waals surface area contributed by atoms with E-state index >= 15 is 0 Å². The number of fused-ring (bicyclic) bond motifs is 2. The van der Waals surface area contributed by atoms with Gasteiger partial charge in [0.15, 0.2) is 11.5 Å². The van der Waals surface area contributed by atoms with Crippen LogP contribution in [0.3, 0.4) is 0 Å². The SMILES string of the molecule is COc1cc2nccc(Oc3ccc4c(C(=O)Nc5cc(C(F)(F)F)ccc5NC(C)=O)cccc4c3)c2cc1OC. The highest BCUT2D eigenvalue weighted by atomic mass is 19.4. The number of benzene rings is 4. The Morgan fingerprint density at radius 3 is 2.26 bits per heavy atom. The third kappa shape index (κ3) is 5.75. The molecule has 0 fully saturated rings. The van der Waals surface area contributed by atoms with Gasteiger partial charge in [-0.15, -0.1) is 0 Å². The number of carbonyl (C=O) groups is 2. The van der Waals surface area contributed by atoms with E-state index in [9.17, 15) is 22.8 Å². The summed E-state index contributed by atoms with van der Waals surface area (Å²) in [5.74, 6) is 0.890. The third-order valence-electron chi connectivity index (χ3n) is 6.44. The number of methoxy groups -OCH3 is 2. The Balaban J connectivity index is 1.47. The van der Waals surface area contributed by atoms with Crippen molar-refractivity contribution in [2.24, 2.45) is 0 Å². The molecule has 2 N–H and O–H groups in total. The molecule has 2 amide bonds. The fourth-order valence-corrected chi connectivity index (χ4v) is 4.50. The number of rotatable bonds is 7. The molecule has 0 bridgehead atoms. The molecule has 0 aliphatic carbocycles. The summed E-state index contributed by atoms with van der Waals surface area (Å²) >= 11 is 0. The van der Waals surface area contributed by atoms with Crippen molar-refractivity contribution in [2.45, 2.75) is 13.1 Å². The Hall–Kier alpha value is -5.32. The molecule has 0 radical (unpaired) electrons. The van der Waals surface area contributed by atoms with E-state index in [1.165, 1.54) is 21.1 Å². The van der Waals surface area contributed by atoms with Crippen LogP contribution in [0.4, 0.5) is 24.5 Å². The number of nitrogens with one attached hydrogen (secondary N) is 2. The minimum atomic E-state index is -4.64. The number of anilines is 2. The number of hydrogen-bond donors (Lipinski definition) is 2. The highest BCUT2D eigenvalue weighted by molar-refractivity contribution is 6.14. The molecule has 11 heteroatoms. The van der Waals surface area contributed by atoms with Crippen LogP contribution in [-0.4, -0.2) is 31.0 Å². The predicted octanol–water partition coefficient (Wildman–Crippen LogP) is 7.43. The number of ether oxygens (including phenoxy) is 3. The van der Waals surface area contributed by atoms with Gasteiger partial charge in [-0.25, -0.2) is 0 Å². The highest BCUT2D eigenvalue weighted by Crippen LogP contribution is 2.38. The molecule has 0 saturated heterocycles. The number of halogens is 3. The van der Waals surface area contributed by atoms with Gasteiger partial charge in [0.05, 0.1) is 36.7 Å². The minimum Gasteiger partial charge on any atom is -0.493 e. The summed E-state index contributed by atoms with van der Waals surface area (Å²) in [5, 5.41) is 6.86. The second-order valence-corrected chi connectivity index (χ2v) is 9.22. The van der Waals surface area contributed by atoms with Crippen LogP contribution in [0.5, 0.6) is 23.0 Å². The van der Waals surface area contributed by atoms with Crippen molar-refractivity contribution in [1.82, 2.24) is 4.98 Å². The number of alkyl halides is 3. The van der Waals surface area contributed by atoms with Crippen LogP contribution in [0.25, 0.3) is 21.7 Å². The van der Waals surface area contributed by atoms with E-state index in [1.54, 1.807) is 60.8 Å². The first-order valence-electron chi connectivity index (χ1n) is 12.6. The number of aromatic nitrogens is 1. The quantitative estimate of drug-likeness (QED) is 0.210. The molecule has 5 rings (SSSR count). The van der Waals surface area contributed by atoms with Gasteiger partial charge in [-0.3, -0.25) is 14.6 Å². The molecule has 5 aromatic rings. The first kappa shape index (κ1) is 28.2. The van der Waals surface area contributed by atoms with Gasteiger partial charge in [0.25, 0.3) is 5.91 Å². The van der Waals surface area contributed by atoms with E-state index in [0.29, 0.717) is 44.7 Å². The van der Waals surface area contributed by atoms with Crippen LogP contribution in [-0.2, 0) is 11.0 Å². The Morgan fingerprint density at radius 1 is 0.786 bits per heavy atom. The zero-order valence-electron chi connectivity index (χ0n) is 22.6. The lowest BCUT2D eigenvalue weighted by Crippen LogP contribution is -2.17. The summed E-state index contributed by atoms with van der Waals surface area (Å²) in [7, 11) is 3.07. The first-order valence-corrected chi connectivity index (χ1v) is 12.6. The summed E-state index contributed by atoms with van der Waals surface area (Å²) in [4.78, 5) is 29.3. The second-order valence-electron chi connectivity index (χ2n) is 9.22. The van der Waals surface area contributed by atoms with Crippen LogP contribution in [0.2, 0.25) is 0 Å². The van der Waals surface area contributed by atoms with Gasteiger partial charge in [-0.05, 0) is 65.4 Å². The summed E-state index contributed by atoms with van der Waals surface area (Å²) in [6.45, 7) is 1.22. The first-order chi connectivity index (χ1) is 20.1. The van der Waals surface area contributed by atoms with E-state index in [4.69, 9.17) is 14.2 Å². The lowest BCUT2D eigenvalue weighted by atomic mass is 10.0. The molecule has 4 aromatic carbocycles. The van der Waals surface area contributed by atoms with Gasteiger partial charge >= 0.3 is 6.18 Å². The van der Waals surface area contributed by atoms with Crippen LogP contribution in [0.15, 0.2) is 79.0 Å². The highest BCUT2D eigenvalue weighted by Gasteiger charge is 2.31. The standard InChI is InChI=1S/C31H24F3N3O5/c1-17(38)36-24-10-7-19(31(32,33)34)14-26(24)37-30(39)22-6-4-5-18-13-20(8-9-21(18)22)42-27-11-12-35-25-16-29(41-3)28(40-2)15-23(25)27/h4-16H,1-3H3,(H,36,38)(H,37,39). The monoisotopic (exact) mass is 575 g/mol. The molecule has 0 unspecified atom stereocenters. The average molecular weight is 576 g/mol. The molecule has 0 aliphatic rings. The van der Waals surface area contributed by atoms with Crippen molar-refractivity contribution >= 4 is 44.9 Å². The Bertz CT molecular complexity index is 1840. The van der Waals surface area contributed by atoms with Crippen molar-refractivity contribution in [3.8, 4) is 23.0 Å². The van der Waals surface area contributed by atoms with Crippen molar-refractivity contribution in [2.75, 3.05) is 24.9 Å². The molecule has 42 heavy (non-hydrogen) atoms. The largest absolute Gasteiger partial charge is 0.493 e. The van der Waals surface area contributed by atoms with E-state index in [-0.39, 0.29) is 16.9 Å². The van der Waals surface area contributed by atoms with E-state index in [0.717, 1.165) is 18.2 Å². The van der Waals surface area contributed by atoms with E-state index in [2.05, 4.69) is 15.6 Å². The Labute approximate surface area is 238 Å². The molecule has 8 nitrogen and oxygen atoms in total. The molecule has 0 spiro atoms. The molecule has 0 aliphatic heterocycles. The van der Waals surface area contributed by atoms with Crippen molar-refractivity contribution < 1.29 is 37.0 Å². The van der Waals surface area contributed by atoms with Crippen LogP contribution in [0, 0.1) is 0 Å². The maximum absolute atomic E-state index is 13.4. The maximum atomic E-state index is 13.4. The van der Waals surface area contributed by atoms with Crippen LogP contribution in [0.1, 0.15) is 22.8 Å². The number of amides is 2. The molecule has 1 aromatic heterocycles. The number of pyridine rings is 1. The van der Waals surface area contributed by atoms with Crippen molar-refractivity contribution in [1.29, 1.82) is 0 Å². The summed E-state index contributed by atoms with van der Waals surface area (Å²) in [6, 6.07) is 18.0. The molecule has 214 valence electrons. The Kier molecular flexibility index (Phi) is 7.58. The van der Waals surface area contributed by atoms with Crippen molar-refractivity contribution in [3.63, 3.8) is 0 Å².